The minimum Gasteiger partial charge on any atom is -0.426 e. The van der Waals surface area contributed by atoms with E-state index in [0.717, 1.165) is 17.2 Å². The van der Waals surface area contributed by atoms with E-state index in [1.165, 1.54) is 29.7 Å². The van der Waals surface area contributed by atoms with Gasteiger partial charge in [-0.2, -0.15) is 0 Å². The van der Waals surface area contributed by atoms with Crippen molar-refractivity contribution >= 4 is 17.7 Å². The second-order valence-electron chi connectivity index (χ2n) is 8.34. The summed E-state index contributed by atoms with van der Waals surface area (Å²) in [5.41, 5.74) is 2.45. The molecule has 0 amide bonds. The molecule has 1 rings (SSSR count). The number of allylic oxidation sites excluding steroid dienone is 2. The van der Waals surface area contributed by atoms with E-state index in [-0.39, 0.29) is 11.4 Å². The van der Waals surface area contributed by atoms with Crippen molar-refractivity contribution in [3.05, 3.63) is 35.4 Å². The van der Waals surface area contributed by atoms with Gasteiger partial charge in [0, 0.05) is 16.9 Å². The number of carbonyl (C=O) groups excluding carboxylic acids is 1. The number of ether oxygens (including phenoxy) is 1. The molecule has 0 saturated heterocycles. The molecule has 0 N–H and O–H groups in total. The molecule has 3 heteroatoms. The fourth-order valence-electron chi connectivity index (χ4n) is 2.65. The van der Waals surface area contributed by atoms with Crippen molar-refractivity contribution < 1.29 is 9.53 Å². The molecular formula is C23H36O2S. The summed E-state index contributed by atoms with van der Waals surface area (Å²) >= 11 is 1.90. The molecule has 0 saturated carbocycles. The number of thioether (sulfide) groups is 1. The lowest BCUT2D eigenvalue weighted by atomic mass is 9.86. The maximum Gasteiger partial charge on any atom is 0.310 e. The van der Waals surface area contributed by atoms with E-state index in [1.807, 2.05) is 24.8 Å². The fraction of sp³-hybridized carbons (Fsp3) is 0.609. The first-order valence-electron chi connectivity index (χ1n) is 9.74. The van der Waals surface area contributed by atoms with Gasteiger partial charge in [-0.1, -0.05) is 46.3 Å². The van der Waals surface area contributed by atoms with E-state index in [9.17, 15) is 4.79 Å². The Labute approximate surface area is 164 Å². The lowest BCUT2D eigenvalue weighted by Gasteiger charge is -2.23. The van der Waals surface area contributed by atoms with Crippen LogP contribution >= 0.6 is 11.8 Å². The average molecular weight is 377 g/mol. The number of esters is 1. The summed E-state index contributed by atoms with van der Waals surface area (Å²) < 4.78 is 5.53. The minimum absolute atomic E-state index is 0.0580. The van der Waals surface area contributed by atoms with Gasteiger partial charge in [0.15, 0.2) is 0 Å². The number of carbonyl (C=O) groups is 1. The fourth-order valence-corrected chi connectivity index (χ4v) is 3.77. The molecule has 2 nitrogen and oxygen atoms in total. The highest BCUT2D eigenvalue weighted by molar-refractivity contribution is 7.99. The van der Waals surface area contributed by atoms with Crippen LogP contribution in [-0.2, 0) is 10.2 Å². The molecule has 0 spiro atoms. The van der Waals surface area contributed by atoms with E-state index in [1.54, 1.807) is 0 Å². The molecule has 146 valence electrons. The van der Waals surface area contributed by atoms with Gasteiger partial charge in [0.1, 0.15) is 5.75 Å². The molecule has 0 bridgehead atoms. The van der Waals surface area contributed by atoms with Crippen LogP contribution in [0, 0.1) is 5.92 Å². The van der Waals surface area contributed by atoms with Gasteiger partial charge in [-0.3, -0.25) is 4.79 Å². The van der Waals surface area contributed by atoms with E-state index in [2.05, 4.69) is 59.8 Å². The Morgan fingerprint density at radius 3 is 2.50 bits per heavy atom. The Bertz CT molecular complexity index is 607. The van der Waals surface area contributed by atoms with Crippen molar-refractivity contribution in [3.8, 4) is 5.75 Å². The topological polar surface area (TPSA) is 26.3 Å². The third kappa shape index (κ3) is 8.44. The summed E-state index contributed by atoms with van der Waals surface area (Å²) in [6.45, 7) is 15.0. The first-order chi connectivity index (χ1) is 12.1. The first kappa shape index (κ1) is 22.8. The Kier molecular flexibility index (Phi) is 9.49. The number of rotatable bonds is 9. The molecule has 26 heavy (non-hydrogen) atoms. The summed E-state index contributed by atoms with van der Waals surface area (Å²) in [4.78, 5) is 12.9. The highest BCUT2D eigenvalue weighted by Gasteiger charge is 2.21. The molecule has 1 aromatic rings. The van der Waals surface area contributed by atoms with Crippen LogP contribution in [0.2, 0.25) is 0 Å². The van der Waals surface area contributed by atoms with E-state index in [4.69, 9.17) is 4.74 Å². The summed E-state index contributed by atoms with van der Waals surface area (Å²) in [7, 11) is 0. The van der Waals surface area contributed by atoms with Gasteiger partial charge in [0.25, 0.3) is 0 Å². The first-order valence-corrected chi connectivity index (χ1v) is 10.7. The third-order valence-electron chi connectivity index (χ3n) is 4.36. The van der Waals surface area contributed by atoms with Gasteiger partial charge >= 0.3 is 5.97 Å². The highest BCUT2D eigenvalue weighted by atomic mass is 32.2. The second-order valence-corrected chi connectivity index (χ2v) is 9.51. The van der Waals surface area contributed by atoms with Crippen LogP contribution < -0.4 is 4.74 Å². The standard InChI is InChI=1S/C23H36O2S/c1-8-22(24)25-21-13-12-19(16-20(21)23(5,6)7)26-15-14-18(4)11-9-10-17(2)3/h10,12-13,16,18H,8-9,11,14-15H2,1-7H3. The maximum atomic E-state index is 11.7. The van der Waals surface area contributed by atoms with Gasteiger partial charge in [0.05, 0.1) is 0 Å². The zero-order valence-corrected chi connectivity index (χ0v) is 18.5. The predicted octanol–water partition coefficient (Wildman–Crippen LogP) is 7.16. The molecule has 0 aliphatic heterocycles. The van der Waals surface area contributed by atoms with Crippen molar-refractivity contribution in [2.45, 2.75) is 84.5 Å². The van der Waals surface area contributed by atoms with Gasteiger partial charge in [-0.15, -0.1) is 11.8 Å². The number of hydrogen-bond acceptors (Lipinski definition) is 3. The van der Waals surface area contributed by atoms with Gasteiger partial charge in [-0.05, 0) is 68.4 Å². The van der Waals surface area contributed by atoms with Crippen molar-refractivity contribution in [2.75, 3.05) is 5.75 Å². The van der Waals surface area contributed by atoms with E-state index < -0.39 is 0 Å². The van der Waals surface area contributed by atoms with E-state index in [0.29, 0.717) is 12.2 Å². The number of benzene rings is 1. The zero-order chi connectivity index (χ0) is 19.7. The van der Waals surface area contributed by atoms with Gasteiger partial charge in [0.2, 0.25) is 0 Å². The monoisotopic (exact) mass is 376 g/mol. The van der Waals surface area contributed by atoms with Crippen molar-refractivity contribution in [3.63, 3.8) is 0 Å². The van der Waals surface area contributed by atoms with E-state index >= 15 is 0 Å². The highest BCUT2D eigenvalue weighted by Crippen LogP contribution is 2.35. The molecule has 1 aromatic carbocycles. The van der Waals surface area contributed by atoms with Crippen LogP contribution in [0.3, 0.4) is 0 Å². The van der Waals surface area contributed by atoms with Crippen LogP contribution in [0.15, 0.2) is 34.7 Å². The van der Waals surface area contributed by atoms with Crippen molar-refractivity contribution in [2.24, 2.45) is 5.92 Å². The molecule has 0 aromatic heterocycles. The van der Waals surface area contributed by atoms with Crippen LogP contribution in [0.5, 0.6) is 5.75 Å². The smallest absolute Gasteiger partial charge is 0.310 e. The van der Waals surface area contributed by atoms with Gasteiger partial charge < -0.3 is 4.74 Å². The van der Waals surface area contributed by atoms with Crippen LogP contribution in [0.1, 0.15) is 79.7 Å². The molecule has 0 aliphatic rings. The third-order valence-corrected chi connectivity index (χ3v) is 5.39. The van der Waals surface area contributed by atoms with Crippen molar-refractivity contribution in [1.29, 1.82) is 0 Å². The molecular weight excluding hydrogens is 340 g/mol. The number of hydrogen-bond donors (Lipinski definition) is 0. The predicted molar refractivity (Wildman–Crippen MR) is 114 cm³/mol. The molecule has 1 atom stereocenters. The average Bonchev–Trinajstić information content (AvgIpc) is 2.54. The maximum absolute atomic E-state index is 11.7. The van der Waals surface area contributed by atoms with Gasteiger partial charge in [-0.25, -0.2) is 0 Å². The zero-order valence-electron chi connectivity index (χ0n) is 17.6. The lowest BCUT2D eigenvalue weighted by molar-refractivity contribution is -0.134. The SMILES string of the molecule is CCC(=O)Oc1ccc(SCCC(C)CCC=C(C)C)cc1C(C)(C)C. The molecule has 0 radical (unpaired) electrons. The molecule has 0 aliphatic carbocycles. The second kappa shape index (κ2) is 10.8. The normalized spacial score (nSPS) is 12.6. The Balaban J connectivity index is 2.67. The minimum atomic E-state index is -0.180. The Hall–Kier alpha value is -1.22. The van der Waals surface area contributed by atoms with Crippen molar-refractivity contribution in [1.82, 2.24) is 0 Å². The Morgan fingerprint density at radius 1 is 1.23 bits per heavy atom. The summed E-state index contributed by atoms with van der Waals surface area (Å²) in [5, 5.41) is 0. The van der Waals surface area contributed by atoms with Crippen LogP contribution in [0.25, 0.3) is 0 Å². The molecule has 0 fully saturated rings. The lowest BCUT2D eigenvalue weighted by Crippen LogP contribution is -2.16. The summed E-state index contributed by atoms with van der Waals surface area (Å²) in [5.74, 6) is 2.38. The largest absolute Gasteiger partial charge is 0.426 e. The summed E-state index contributed by atoms with van der Waals surface area (Å²) in [6.07, 6.45) is 6.38. The Morgan fingerprint density at radius 2 is 1.92 bits per heavy atom. The van der Waals surface area contributed by atoms with Crippen LogP contribution in [-0.4, -0.2) is 11.7 Å². The molecule has 0 heterocycles. The summed E-state index contributed by atoms with van der Waals surface area (Å²) in [6, 6.07) is 6.22. The van der Waals surface area contributed by atoms with Crippen LogP contribution in [0.4, 0.5) is 0 Å². The molecule has 1 unspecified atom stereocenters. The quantitative estimate of drug-likeness (QED) is 0.198.